The molecule has 10 heavy (non-hydrogen) atoms. The van der Waals surface area contributed by atoms with Crippen LogP contribution in [0.1, 0.15) is 5.69 Å². The number of hydrogen-bond acceptors (Lipinski definition) is 1. The van der Waals surface area contributed by atoms with Gasteiger partial charge in [0.2, 0.25) is 5.69 Å². The van der Waals surface area contributed by atoms with E-state index in [9.17, 15) is 0 Å². The monoisotopic (exact) mass is 155 g/mol. The number of rotatable bonds is 0. The molecule has 1 aromatic heterocycles. The number of nitrogens with zero attached hydrogens (tertiary/aromatic N) is 3. The Balaban J connectivity index is 3.37. The molecule has 0 spiro atoms. The van der Waals surface area contributed by atoms with Crippen molar-refractivity contribution >= 4 is 17.3 Å². The van der Waals surface area contributed by atoms with Gasteiger partial charge in [0.25, 0.3) is 0 Å². The first kappa shape index (κ1) is 7.10. The molecule has 0 saturated carbocycles. The predicted molar refractivity (Wildman–Crippen MR) is 39.2 cm³/mol. The Labute approximate surface area is 64.0 Å². The molecule has 1 heterocycles. The molecule has 0 aromatic carbocycles. The maximum absolute atomic E-state index is 6.73. The van der Waals surface area contributed by atoms with E-state index in [4.69, 9.17) is 18.2 Å². The number of aryl methyl sites for hydroxylation is 2. The molecule has 0 amide bonds. The molecule has 0 N–H and O–H groups in total. The molecule has 0 bridgehead atoms. The summed E-state index contributed by atoms with van der Waals surface area (Å²) in [6.45, 7) is 8.49. The second-order valence-electron chi connectivity index (χ2n) is 1.96. The van der Waals surface area contributed by atoms with Crippen LogP contribution < -0.4 is 0 Å². The van der Waals surface area contributed by atoms with Crippen LogP contribution in [0.15, 0.2) is 0 Å². The van der Waals surface area contributed by atoms with Crippen LogP contribution in [0.25, 0.3) is 4.85 Å². The van der Waals surface area contributed by atoms with E-state index >= 15 is 0 Å². The minimum absolute atomic E-state index is 0.410. The summed E-state index contributed by atoms with van der Waals surface area (Å²) in [6.07, 6.45) is 0. The zero-order valence-electron chi connectivity index (χ0n) is 5.72. The van der Waals surface area contributed by atoms with Crippen molar-refractivity contribution in [1.82, 2.24) is 9.78 Å². The Morgan fingerprint density at radius 3 is 2.50 bits per heavy atom. The zero-order chi connectivity index (χ0) is 7.72. The van der Waals surface area contributed by atoms with E-state index in [0.717, 1.165) is 0 Å². The van der Waals surface area contributed by atoms with Gasteiger partial charge in [-0.15, -0.1) is 0 Å². The summed E-state index contributed by atoms with van der Waals surface area (Å²) in [5, 5.41) is 4.36. The van der Waals surface area contributed by atoms with Crippen LogP contribution in [0, 0.1) is 13.5 Å². The van der Waals surface area contributed by atoms with Crippen molar-refractivity contribution in [2.75, 3.05) is 0 Å². The standard InChI is InChI=1S/C6H6ClN3/c1-4-5(8-2)6(7)10(3)9-4/h1,3H3. The summed E-state index contributed by atoms with van der Waals surface area (Å²) in [6, 6.07) is 0. The molecule has 0 aliphatic heterocycles. The highest BCUT2D eigenvalue weighted by molar-refractivity contribution is 6.32. The van der Waals surface area contributed by atoms with Crippen molar-refractivity contribution in [3.63, 3.8) is 0 Å². The fraction of sp³-hybridized carbons (Fsp3) is 0.333. The van der Waals surface area contributed by atoms with E-state index < -0.39 is 0 Å². The van der Waals surface area contributed by atoms with Crippen LogP contribution in [0.3, 0.4) is 0 Å². The second kappa shape index (κ2) is 2.31. The molecule has 0 fully saturated rings. The largest absolute Gasteiger partial charge is 0.269 e. The van der Waals surface area contributed by atoms with Gasteiger partial charge in [-0.05, 0) is 6.92 Å². The molecular weight excluding hydrogens is 150 g/mol. The third-order valence-corrected chi connectivity index (χ3v) is 1.66. The highest BCUT2D eigenvalue weighted by Gasteiger charge is 2.09. The molecule has 3 nitrogen and oxygen atoms in total. The third-order valence-electron chi connectivity index (χ3n) is 1.23. The molecule has 1 rings (SSSR count). The number of halogens is 1. The average Bonchev–Trinajstić information content (AvgIpc) is 2.09. The van der Waals surface area contributed by atoms with Gasteiger partial charge in [-0.25, -0.2) is 4.85 Å². The molecule has 52 valence electrons. The van der Waals surface area contributed by atoms with E-state index in [2.05, 4.69) is 9.94 Å². The van der Waals surface area contributed by atoms with Crippen LogP contribution >= 0.6 is 11.6 Å². The summed E-state index contributed by atoms with van der Waals surface area (Å²) in [7, 11) is 1.71. The average molecular weight is 156 g/mol. The highest BCUT2D eigenvalue weighted by atomic mass is 35.5. The molecule has 0 radical (unpaired) electrons. The summed E-state index contributed by atoms with van der Waals surface area (Å²) in [4.78, 5) is 3.23. The first-order chi connectivity index (χ1) is 4.66. The summed E-state index contributed by atoms with van der Waals surface area (Å²) in [5.41, 5.74) is 1.13. The SMILES string of the molecule is [C-]#[N+]c1c(C)nn(C)c1Cl. The minimum atomic E-state index is 0.410. The second-order valence-corrected chi connectivity index (χ2v) is 2.32. The summed E-state index contributed by atoms with van der Waals surface area (Å²) < 4.78 is 1.49. The molecule has 1 aromatic rings. The quantitative estimate of drug-likeness (QED) is 0.525. The van der Waals surface area contributed by atoms with Crippen LogP contribution in [0.5, 0.6) is 0 Å². The van der Waals surface area contributed by atoms with Crippen molar-refractivity contribution in [2.45, 2.75) is 6.92 Å². The fourth-order valence-corrected chi connectivity index (χ4v) is 0.963. The molecule has 0 aliphatic rings. The van der Waals surface area contributed by atoms with Gasteiger partial charge in [-0.3, -0.25) is 4.68 Å². The topological polar surface area (TPSA) is 22.2 Å². The van der Waals surface area contributed by atoms with E-state index in [-0.39, 0.29) is 0 Å². The van der Waals surface area contributed by atoms with Crippen LogP contribution in [-0.4, -0.2) is 9.78 Å². The van der Waals surface area contributed by atoms with Crippen molar-refractivity contribution in [2.24, 2.45) is 7.05 Å². The normalized spacial score (nSPS) is 9.40. The molecule has 4 heteroatoms. The van der Waals surface area contributed by atoms with Gasteiger partial charge in [0.05, 0.1) is 12.3 Å². The molecule has 0 unspecified atom stereocenters. The van der Waals surface area contributed by atoms with Crippen LogP contribution in [-0.2, 0) is 7.05 Å². The Bertz CT molecular complexity index is 295. The first-order valence-corrected chi connectivity index (χ1v) is 3.11. The molecular formula is C6H6ClN3. The van der Waals surface area contributed by atoms with Crippen molar-refractivity contribution in [3.05, 3.63) is 22.3 Å². The van der Waals surface area contributed by atoms with Gasteiger partial charge >= 0.3 is 0 Å². The van der Waals surface area contributed by atoms with Gasteiger partial charge in [0.15, 0.2) is 0 Å². The Morgan fingerprint density at radius 1 is 1.70 bits per heavy atom. The van der Waals surface area contributed by atoms with Gasteiger partial charge < -0.3 is 0 Å². The molecule has 0 saturated heterocycles. The molecule has 0 atom stereocenters. The number of hydrogen-bond donors (Lipinski definition) is 0. The Kier molecular flexibility index (Phi) is 1.64. The lowest BCUT2D eigenvalue weighted by Gasteiger charge is -1.87. The maximum atomic E-state index is 6.73. The highest BCUT2D eigenvalue weighted by Crippen LogP contribution is 2.26. The number of aromatic nitrogens is 2. The summed E-state index contributed by atoms with van der Waals surface area (Å²) >= 11 is 5.70. The Morgan fingerprint density at radius 2 is 2.30 bits per heavy atom. The van der Waals surface area contributed by atoms with E-state index in [0.29, 0.717) is 16.5 Å². The third kappa shape index (κ3) is 0.869. The van der Waals surface area contributed by atoms with Crippen LogP contribution in [0.4, 0.5) is 5.69 Å². The summed E-state index contributed by atoms with van der Waals surface area (Å²) in [5.74, 6) is 0. The fourth-order valence-electron chi connectivity index (χ4n) is 0.746. The van der Waals surface area contributed by atoms with E-state index in [1.807, 2.05) is 0 Å². The van der Waals surface area contributed by atoms with Gasteiger partial charge in [-0.2, -0.15) is 5.10 Å². The molecule has 0 aliphatic carbocycles. The van der Waals surface area contributed by atoms with Crippen LogP contribution in [0.2, 0.25) is 5.15 Å². The Hall–Kier alpha value is -1.01. The van der Waals surface area contributed by atoms with E-state index in [1.165, 1.54) is 4.68 Å². The maximum Gasteiger partial charge on any atom is 0.245 e. The predicted octanol–water partition coefficient (Wildman–Crippen LogP) is 1.93. The lowest BCUT2D eigenvalue weighted by atomic mass is 10.4. The van der Waals surface area contributed by atoms with Crippen molar-refractivity contribution in [1.29, 1.82) is 0 Å². The van der Waals surface area contributed by atoms with Crippen molar-refractivity contribution < 1.29 is 0 Å². The zero-order valence-corrected chi connectivity index (χ0v) is 6.48. The lowest BCUT2D eigenvalue weighted by molar-refractivity contribution is 0.757. The van der Waals surface area contributed by atoms with E-state index in [1.54, 1.807) is 14.0 Å². The van der Waals surface area contributed by atoms with Gasteiger partial charge in [0.1, 0.15) is 5.15 Å². The smallest absolute Gasteiger partial charge is 0.245 e. The minimum Gasteiger partial charge on any atom is -0.269 e. The van der Waals surface area contributed by atoms with Gasteiger partial charge in [0, 0.05) is 7.05 Å². The first-order valence-electron chi connectivity index (χ1n) is 2.73. The lowest BCUT2D eigenvalue weighted by Crippen LogP contribution is -1.88. The van der Waals surface area contributed by atoms with Gasteiger partial charge in [-0.1, -0.05) is 11.6 Å². The van der Waals surface area contributed by atoms with Crippen molar-refractivity contribution in [3.8, 4) is 0 Å².